The number of ether oxygens (including phenoxy) is 3. The number of rotatable bonds is 30. The molecule has 0 aromatic heterocycles. The van der Waals surface area contributed by atoms with Crippen molar-refractivity contribution < 1.29 is 58.3 Å². The number of nitrogens with two attached hydrogens (primary N) is 1. The van der Waals surface area contributed by atoms with E-state index in [0.29, 0.717) is 6.42 Å². The molecular formula is C37H66N4O12. The minimum atomic E-state index is -1.68. The second kappa shape index (κ2) is 28.2. The van der Waals surface area contributed by atoms with E-state index in [4.69, 9.17) is 25.1 Å². The number of aliphatic hydroxyl groups excluding tert-OH is 2. The summed E-state index contributed by atoms with van der Waals surface area (Å²) in [6.07, 6.45) is 11.8. The fourth-order valence-electron chi connectivity index (χ4n) is 6.13. The molecule has 53 heavy (non-hydrogen) atoms. The van der Waals surface area contributed by atoms with Gasteiger partial charge in [0.25, 0.3) is 0 Å². The lowest BCUT2D eigenvalue weighted by atomic mass is 9.96. The van der Waals surface area contributed by atoms with E-state index in [-0.39, 0.29) is 19.3 Å². The van der Waals surface area contributed by atoms with E-state index in [1.54, 1.807) is 6.92 Å². The van der Waals surface area contributed by atoms with Gasteiger partial charge in [0.2, 0.25) is 23.6 Å². The van der Waals surface area contributed by atoms with E-state index in [0.717, 1.165) is 19.3 Å². The van der Waals surface area contributed by atoms with E-state index >= 15 is 0 Å². The van der Waals surface area contributed by atoms with Gasteiger partial charge >= 0.3 is 11.9 Å². The number of nitrogens with one attached hydrogen (secondary N) is 3. The fraction of sp³-hybridized carbons (Fsp3) is 0.838. The highest BCUT2D eigenvalue weighted by molar-refractivity contribution is 5.92. The maximum Gasteiger partial charge on any atom is 0.305 e. The summed E-state index contributed by atoms with van der Waals surface area (Å²) in [5.41, 5.74) is 5.27. The Bertz CT molecular complexity index is 1110. The van der Waals surface area contributed by atoms with Crippen molar-refractivity contribution in [3.63, 3.8) is 0 Å². The van der Waals surface area contributed by atoms with Crippen LogP contribution in [0.1, 0.15) is 143 Å². The van der Waals surface area contributed by atoms with Gasteiger partial charge in [-0.3, -0.25) is 28.8 Å². The Morgan fingerprint density at radius 2 is 1.32 bits per heavy atom. The van der Waals surface area contributed by atoms with Crippen molar-refractivity contribution in [1.82, 2.24) is 16.0 Å². The number of amides is 4. The first-order valence-corrected chi connectivity index (χ1v) is 19.5. The minimum Gasteiger partial charge on any atom is -0.481 e. The largest absolute Gasteiger partial charge is 0.481 e. The molecular weight excluding hydrogens is 692 g/mol. The number of carbonyl (C=O) groups excluding carboxylic acids is 5. The Labute approximate surface area is 314 Å². The topological polar surface area (TPSA) is 253 Å². The highest BCUT2D eigenvalue weighted by Gasteiger charge is 2.46. The average Bonchev–Trinajstić information content (AvgIpc) is 3.10. The highest BCUT2D eigenvalue weighted by Crippen LogP contribution is 2.23. The van der Waals surface area contributed by atoms with Crippen LogP contribution in [-0.4, -0.2) is 107 Å². The van der Waals surface area contributed by atoms with Gasteiger partial charge < -0.3 is 51.2 Å². The molecule has 0 bridgehead atoms. The van der Waals surface area contributed by atoms with Gasteiger partial charge in [0, 0.05) is 19.8 Å². The molecule has 1 aliphatic rings. The second-order valence-corrected chi connectivity index (χ2v) is 13.9. The van der Waals surface area contributed by atoms with Crippen LogP contribution in [0.25, 0.3) is 0 Å². The normalized spacial score (nSPS) is 20.9. The van der Waals surface area contributed by atoms with Gasteiger partial charge in [0.15, 0.2) is 6.29 Å². The van der Waals surface area contributed by atoms with Gasteiger partial charge in [-0.1, -0.05) is 104 Å². The summed E-state index contributed by atoms with van der Waals surface area (Å²) in [6, 6.07) is -3.71. The molecule has 4 amide bonds. The molecule has 306 valence electrons. The number of carboxylic acid groups (broad SMARTS) is 1. The predicted octanol–water partition coefficient (Wildman–Crippen LogP) is 2.49. The molecule has 16 nitrogen and oxygen atoms in total. The van der Waals surface area contributed by atoms with Crippen molar-refractivity contribution >= 4 is 35.6 Å². The van der Waals surface area contributed by atoms with Crippen LogP contribution >= 0.6 is 0 Å². The van der Waals surface area contributed by atoms with Crippen molar-refractivity contribution in [2.75, 3.05) is 13.2 Å². The molecule has 1 fully saturated rings. The van der Waals surface area contributed by atoms with Crippen LogP contribution in [0.3, 0.4) is 0 Å². The Morgan fingerprint density at radius 3 is 1.81 bits per heavy atom. The summed E-state index contributed by atoms with van der Waals surface area (Å²) < 4.78 is 16.4. The SMILES string of the molecule is CCCCCCCCCCCCCCCCCC(=O)OC[C@H]1OC(O)[C@H](NC(C)=O)[C@@H](OCC(=O)N[C@@H](CC)C(=O)N[C@H](CCC(=O)O)C(N)=O)[C@@H]1O. The molecule has 1 heterocycles. The first-order chi connectivity index (χ1) is 25.3. The third kappa shape index (κ3) is 21.2. The van der Waals surface area contributed by atoms with E-state index in [1.165, 1.54) is 77.6 Å². The number of carbonyl (C=O) groups is 6. The predicted molar refractivity (Wildman–Crippen MR) is 195 cm³/mol. The number of aliphatic hydroxyl groups is 2. The third-order valence-electron chi connectivity index (χ3n) is 9.23. The van der Waals surface area contributed by atoms with Crippen molar-refractivity contribution in [2.45, 2.75) is 185 Å². The summed E-state index contributed by atoms with van der Waals surface area (Å²) in [7, 11) is 0. The van der Waals surface area contributed by atoms with Gasteiger partial charge in [-0.05, 0) is 19.3 Å². The smallest absolute Gasteiger partial charge is 0.305 e. The van der Waals surface area contributed by atoms with Gasteiger partial charge in [-0.2, -0.15) is 0 Å². The molecule has 1 rings (SSSR count). The minimum absolute atomic E-state index is 0.0853. The first-order valence-electron chi connectivity index (χ1n) is 19.5. The lowest BCUT2D eigenvalue weighted by Crippen LogP contribution is -2.65. The van der Waals surface area contributed by atoms with E-state index in [1.807, 2.05) is 0 Å². The number of primary amides is 1. The van der Waals surface area contributed by atoms with Gasteiger partial charge in [0.1, 0.15) is 49.7 Å². The van der Waals surface area contributed by atoms with Crippen LogP contribution in [0.5, 0.6) is 0 Å². The zero-order chi connectivity index (χ0) is 39.6. The van der Waals surface area contributed by atoms with Crippen LogP contribution in [-0.2, 0) is 43.0 Å². The Morgan fingerprint density at radius 1 is 0.774 bits per heavy atom. The lowest BCUT2D eigenvalue weighted by Gasteiger charge is -2.42. The number of esters is 1. The Balaban J connectivity index is 2.50. The van der Waals surface area contributed by atoms with Crippen molar-refractivity contribution in [3.05, 3.63) is 0 Å². The molecule has 0 aromatic carbocycles. The average molecular weight is 759 g/mol. The van der Waals surface area contributed by atoms with Crippen LogP contribution in [0, 0.1) is 0 Å². The Hall–Kier alpha value is -3.34. The van der Waals surface area contributed by atoms with Crippen molar-refractivity contribution in [2.24, 2.45) is 5.73 Å². The molecule has 8 N–H and O–H groups in total. The molecule has 1 unspecified atom stereocenters. The third-order valence-corrected chi connectivity index (χ3v) is 9.23. The second-order valence-electron chi connectivity index (χ2n) is 13.9. The van der Waals surface area contributed by atoms with Crippen LogP contribution in [0.2, 0.25) is 0 Å². The monoisotopic (exact) mass is 758 g/mol. The molecule has 0 aliphatic carbocycles. The number of hydrogen-bond acceptors (Lipinski definition) is 11. The zero-order valence-corrected chi connectivity index (χ0v) is 32.0. The van der Waals surface area contributed by atoms with E-state index in [9.17, 15) is 39.0 Å². The highest BCUT2D eigenvalue weighted by atomic mass is 16.6. The standard InChI is InChI=1S/C37H66N4O12/c1-4-6-7-8-9-10-11-12-13-14-15-16-17-18-19-20-31(46)51-23-28-33(47)34(32(37(50)53-28)39-25(3)42)52-24-29(43)40-26(5-2)36(49)41-27(35(38)48)21-22-30(44)45/h26-28,32-34,37,47,50H,4-24H2,1-3H3,(H2,38,48)(H,39,42)(H,40,43)(H,41,49)(H,44,45)/t26-,27+,28+,32+,33+,34+,37?/m0/s1. The summed E-state index contributed by atoms with van der Waals surface area (Å²) >= 11 is 0. The first kappa shape index (κ1) is 47.7. The fourth-order valence-corrected chi connectivity index (χ4v) is 6.13. The van der Waals surface area contributed by atoms with Crippen LogP contribution < -0.4 is 21.7 Å². The lowest BCUT2D eigenvalue weighted by molar-refractivity contribution is -0.262. The summed E-state index contributed by atoms with van der Waals surface area (Å²) in [5.74, 6) is -4.78. The van der Waals surface area contributed by atoms with Crippen LogP contribution in [0.4, 0.5) is 0 Å². The van der Waals surface area contributed by atoms with Crippen molar-refractivity contribution in [3.8, 4) is 0 Å². The summed E-state index contributed by atoms with van der Waals surface area (Å²) in [5, 5.41) is 37.7. The molecule has 0 saturated carbocycles. The number of carboxylic acids is 1. The quantitative estimate of drug-likeness (QED) is 0.0412. The number of unbranched alkanes of at least 4 members (excludes halogenated alkanes) is 14. The van der Waals surface area contributed by atoms with Crippen LogP contribution in [0.15, 0.2) is 0 Å². The van der Waals surface area contributed by atoms with Crippen molar-refractivity contribution in [1.29, 1.82) is 0 Å². The molecule has 0 spiro atoms. The van der Waals surface area contributed by atoms with E-state index < -0.39 is 97.9 Å². The molecule has 16 heteroatoms. The number of hydrogen-bond donors (Lipinski definition) is 7. The Kier molecular flexibility index (Phi) is 25.3. The van der Waals surface area contributed by atoms with Gasteiger partial charge in [-0.25, -0.2) is 0 Å². The van der Waals surface area contributed by atoms with Gasteiger partial charge in [-0.15, -0.1) is 0 Å². The zero-order valence-electron chi connectivity index (χ0n) is 32.0. The maximum atomic E-state index is 12.8. The van der Waals surface area contributed by atoms with E-state index in [2.05, 4.69) is 22.9 Å². The summed E-state index contributed by atoms with van der Waals surface area (Å²) in [6.45, 7) is 3.86. The summed E-state index contributed by atoms with van der Waals surface area (Å²) in [4.78, 5) is 72.3. The molecule has 1 aliphatic heterocycles. The molecule has 0 aromatic rings. The maximum absolute atomic E-state index is 12.8. The number of aliphatic carboxylic acids is 1. The molecule has 0 radical (unpaired) electrons. The van der Waals surface area contributed by atoms with Gasteiger partial charge in [0.05, 0.1) is 0 Å². The molecule has 7 atom stereocenters. The molecule has 1 saturated heterocycles.